The Kier molecular flexibility index (Phi) is 8.24. The van der Waals surface area contributed by atoms with Gasteiger partial charge in [0.05, 0.1) is 19.3 Å². The van der Waals surface area contributed by atoms with Crippen LogP contribution < -0.4 is 14.8 Å². The summed E-state index contributed by atoms with van der Waals surface area (Å²) >= 11 is 0. The monoisotopic (exact) mass is 445 g/mol. The molecule has 0 spiro atoms. The van der Waals surface area contributed by atoms with E-state index in [4.69, 9.17) is 14.2 Å². The Bertz CT molecular complexity index is 1150. The van der Waals surface area contributed by atoms with E-state index in [2.05, 4.69) is 5.32 Å². The van der Waals surface area contributed by atoms with Crippen LogP contribution in [0.25, 0.3) is 6.08 Å². The van der Waals surface area contributed by atoms with Crippen molar-refractivity contribution in [2.24, 2.45) is 0 Å². The van der Waals surface area contributed by atoms with Crippen molar-refractivity contribution in [3.63, 3.8) is 0 Å². The zero-order chi connectivity index (χ0) is 23.6. The van der Waals surface area contributed by atoms with Gasteiger partial charge in [-0.3, -0.25) is 4.79 Å². The highest BCUT2D eigenvalue weighted by Crippen LogP contribution is 2.29. The van der Waals surface area contributed by atoms with Gasteiger partial charge in [0.2, 0.25) is 5.91 Å². The maximum Gasteiger partial charge on any atom is 0.338 e. The van der Waals surface area contributed by atoms with E-state index < -0.39 is 5.97 Å². The Morgan fingerprint density at radius 2 is 1.79 bits per heavy atom. The molecule has 0 unspecified atom stereocenters. The molecule has 6 heteroatoms. The van der Waals surface area contributed by atoms with Crippen LogP contribution in [-0.4, -0.2) is 25.6 Å². The van der Waals surface area contributed by atoms with Crippen molar-refractivity contribution in [3.8, 4) is 11.5 Å². The van der Waals surface area contributed by atoms with E-state index in [-0.39, 0.29) is 12.5 Å². The summed E-state index contributed by atoms with van der Waals surface area (Å²) in [4.78, 5) is 24.2. The number of benzene rings is 3. The fourth-order valence-electron chi connectivity index (χ4n) is 3.13. The number of anilines is 1. The van der Waals surface area contributed by atoms with E-state index >= 15 is 0 Å². The van der Waals surface area contributed by atoms with Crippen LogP contribution in [0.3, 0.4) is 0 Å². The number of hydrogen-bond acceptors (Lipinski definition) is 5. The minimum absolute atomic E-state index is 0.289. The van der Waals surface area contributed by atoms with Crippen molar-refractivity contribution in [3.05, 3.63) is 95.1 Å². The van der Waals surface area contributed by atoms with E-state index in [1.807, 2.05) is 43.3 Å². The van der Waals surface area contributed by atoms with Crippen LogP contribution in [0.2, 0.25) is 0 Å². The van der Waals surface area contributed by atoms with Crippen LogP contribution in [0.15, 0.2) is 72.8 Å². The maximum absolute atomic E-state index is 12.3. The van der Waals surface area contributed by atoms with Crippen LogP contribution in [0, 0.1) is 6.92 Å². The van der Waals surface area contributed by atoms with Gasteiger partial charge in [0.25, 0.3) is 0 Å². The molecule has 170 valence electrons. The lowest BCUT2D eigenvalue weighted by Crippen LogP contribution is -2.09. The summed E-state index contributed by atoms with van der Waals surface area (Å²) in [5.41, 5.74) is 3.94. The molecule has 33 heavy (non-hydrogen) atoms. The number of amides is 1. The van der Waals surface area contributed by atoms with Gasteiger partial charge in [-0.15, -0.1) is 0 Å². The molecule has 3 aromatic rings. The average Bonchev–Trinajstić information content (AvgIpc) is 2.83. The minimum atomic E-state index is -0.430. The molecule has 0 aliphatic heterocycles. The predicted molar refractivity (Wildman–Crippen MR) is 129 cm³/mol. The summed E-state index contributed by atoms with van der Waals surface area (Å²) in [5.74, 6) is 0.447. The van der Waals surface area contributed by atoms with Gasteiger partial charge in [-0.2, -0.15) is 0 Å². The Balaban J connectivity index is 1.63. The number of carbonyl (C=O) groups is 2. The number of carbonyl (C=O) groups excluding carboxylic acids is 2. The zero-order valence-corrected chi connectivity index (χ0v) is 19.0. The molecule has 1 N–H and O–H groups in total. The van der Waals surface area contributed by atoms with Gasteiger partial charge >= 0.3 is 5.97 Å². The molecule has 0 radical (unpaired) electrons. The van der Waals surface area contributed by atoms with E-state index in [0.29, 0.717) is 29.4 Å². The van der Waals surface area contributed by atoms with Crippen LogP contribution in [-0.2, 0) is 16.1 Å². The van der Waals surface area contributed by atoms with Gasteiger partial charge in [-0.05, 0) is 66.9 Å². The van der Waals surface area contributed by atoms with Gasteiger partial charge in [0.15, 0.2) is 11.5 Å². The second-order valence-electron chi connectivity index (χ2n) is 7.25. The molecule has 6 nitrogen and oxygen atoms in total. The molecule has 0 atom stereocenters. The molecular formula is C27H27NO5. The van der Waals surface area contributed by atoms with Crippen molar-refractivity contribution >= 4 is 23.6 Å². The first kappa shape index (κ1) is 23.6. The molecule has 0 aliphatic rings. The number of nitrogens with one attached hydrogen (secondary N) is 1. The fourth-order valence-corrected chi connectivity index (χ4v) is 3.13. The van der Waals surface area contributed by atoms with Gasteiger partial charge in [0.1, 0.15) is 6.61 Å². The topological polar surface area (TPSA) is 73.9 Å². The first-order valence-corrected chi connectivity index (χ1v) is 10.6. The second-order valence-corrected chi connectivity index (χ2v) is 7.25. The highest BCUT2D eigenvalue weighted by Gasteiger charge is 2.09. The Labute approximate surface area is 193 Å². The van der Waals surface area contributed by atoms with Gasteiger partial charge < -0.3 is 19.5 Å². The largest absolute Gasteiger partial charge is 0.493 e. The maximum atomic E-state index is 12.3. The number of ether oxygens (including phenoxy) is 3. The van der Waals surface area contributed by atoms with Crippen LogP contribution >= 0.6 is 0 Å². The third-order valence-corrected chi connectivity index (χ3v) is 4.90. The van der Waals surface area contributed by atoms with Gasteiger partial charge in [0, 0.05) is 11.8 Å². The molecule has 0 aliphatic carbocycles. The Hall–Kier alpha value is -4.06. The molecule has 3 rings (SSSR count). The zero-order valence-electron chi connectivity index (χ0n) is 19.0. The average molecular weight is 446 g/mol. The molecule has 3 aromatic carbocycles. The van der Waals surface area contributed by atoms with Gasteiger partial charge in [-0.1, -0.05) is 36.4 Å². The minimum Gasteiger partial charge on any atom is -0.493 e. The lowest BCUT2D eigenvalue weighted by atomic mass is 10.1. The molecule has 0 heterocycles. The lowest BCUT2D eigenvalue weighted by Gasteiger charge is -2.12. The Morgan fingerprint density at radius 3 is 2.55 bits per heavy atom. The normalized spacial score (nSPS) is 10.6. The molecule has 0 fully saturated rings. The molecule has 0 bridgehead atoms. The molecular weight excluding hydrogens is 418 g/mol. The Morgan fingerprint density at radius 1 is 0.970 bits per heavy atom. The summed E-state index contributed by atoms with van der Waals surface area (Å²) in [6, 6.07) is 20.1. The molecule has 1 amide bonds. The highest BCUT2D eigenvalue weighted by atomic mass is 16.5. The van der Waals surface area contributed by atoms with E-state index in [1.165, 1.54) is 6.08 Å². The number of aryl methyl sites for hydroxylation is 1. The SMILES string of the molecule is CCOC(=O)c1cccc(NC(=O)/C=C/c2ccc(OCc3ccccc3C)c(OC)c2)c1. The third-order valence-electron chi connectivity index (χ3n) is 4.90. The van der Waals surface area contributed by atoms with Crippen molar-refractivity contribution in [1.82, 2.24) is 0 Å². The van der Waals surface area contributed by atoms with Crippen LogP contribution in [0.5, 0.6) is 11.5 Å². The second kappa shape index (κ2) is 11.5. The van der Waals surface area contributed by atoms with Crippen molar-refractivity contribution in [2.75, 3.05) is 19.0 Å². The first-order valence-electron chi connectivity index (χ1n) is 10.6. The van der Waals surface area contributed by atoms with E-state index in [9.17, 15) is 9.59 Å². The van der Waals surface area contributed by atoms with Crippen molar-refractivity contribution in [2.45, 2.75) is 20.5 Å². The third kappa shape index (κ3) is 6.71. The first-order chi connectivity index (χ1) is 16.0. The summed E-state index contributed by atoms with van der Waals surface area (Å²) < 4.78 is 16.4. The van der Waals surface area contributed by atoms with Crippen LogP contribution in [0.4, 0.5) is 5.69 Å². The lowest BCUT2D eigenvalue weighted by molar-refractivity contribution is -0.111. The predicted octanol–water partition coefficient (Wildman–Crippen LogP) is 5.41. The van der Waals surface area contributed by atoms with Crippen LogP contribution in [0.1, 0.15) is 34.0 Å². The number of esters is 1. The summed E-state index contributed by atoms with van der Waals surface area (Å²) in [6.07, 6.45) is 3.10. The summed E-state index contributed by atoms with van der Waals surface area (Å²) in [5, 5.41) is 2.74. The standard InChI is InChI=1S/C27H27NO5/c1-4-32-27(30)21-10-7-11-23(17-21)28-26(29)15-13-20-12-14-24(25(16-20)31-3)33-18-22-9-6-5-8-19(22)2/h5-17H,4,18H2,1-3H3,(H,28,29)/b15-13+. The number of methoxy groups -OCH3 is 1. The van der Waals surface area contributed by atoms with Crippen molar-refractivity contribution in [1.29, 1.82) is 0 Å². The molecule has 0 aromatic heterocycles. The number of hydrogen-bond donors (Lipinski definition) is 1. The number of rotatable bonds is 9. The van der Waals surface area contributed by atoms with Gasteiger partial charge in [-0.25, -0.2) is 4.79 Å². The quantitative estimate of drug-likeness (QED) is 0.352. The molecule has 0 saturated carbocycles. The van der Waals surface area contributed by atoms with E-state index in [0.717, 1.165) is 16.7 Å². The van der Waals surface area contributed by atoms with E-state index in [1.54, 1.807) is 50.4 Å². The fraction of sp³-hybridized carbons (Fsp3) is 0.185. The smallest absolute Gasteiger partial charge is 0.338 e. The molecule has 0 saturated heterocycles. The summed E-state index contributed by atoms with van der Waals surface area (Å²) in [6.45, 7) is 4.51. The van der Waals surface area contributed by atoms with Crippen molar-refractivity contribution < 1.29 is 23.8 Å². The highest BCUT2D eigenvalue weighted by molar-refractivity contribution is 6.02. The summed E-state index contributed by atoms with van der Waals surface area (Å²) in [7, 11) is 1.58.